The number of esters is 5. The number of nitrogens with zero attached hydrogens (tertiary/aromatic N) is 2. The SMILES string of the molecule is C=C(C)O[C@H]1[C@@H](OC(C)=O)[C@H]([n+]2cccc(C(N)=O)c2)O[C@@H]1COC(=O)CCC(NC(=O)OC(C)(C)C)C(=O)OC[C@H]1O[C@@H]([n+]2cccc(C(N)=O)c2)[C@H](OC(C)=O)[C@@H]1OC(C)=O. The Labute approximate surface area is 362 Å². The Hall–Kier alpha value is -6.68. The lowest BCUT2D eigenvalue weighted by molar-refractivity contribution is -0.765. The van der Waals surface area contributed by atoms with Crippen molar-refractivity contribution in [1.29, 1.82) is 0 Å². The number of ether oxygens (including phenoxy) is 9. The first-order valence-electron chi connectivity index (χ1n) is 19.6. The van der Waals surface area contributed by atoms with Crippen molar-refractivity contribution in [2.45, 2.75) is 122 Å². The number of alkyl carbamates (subject to hydrolysis) is 1. The number of carbonyl (C=O) groups excluding carboxylic acids is 8. The molecule has 0 aliphatic carbocycles. The van der Waals surface area contributed by atoms with E-state index in [1.807, 2.05) is 0 Å². The molecule has 2 aromatic heterocycles. The number of allylic oxidation sites excluding steroid dienone is 1. The topological polar surface area (TPSA) is 291 Å². The van der Waals surface area contributed by atoms with Crippen molar-refractivity contribution in [3.8, 4) is 0 Å². The highest BCUT2D eigenvalue weighted by Gasteiger charge is 2.56. The molecule has 2 aliphatic heterocycles. The van der Waals surface area contributed by atoms with Crippen LogP contribution >= 0.6 is 0 Å². The summed E-state index contributed by atoms with van der Waals surface area (Å²) in [6, 6.07) is 4.41. The molecular formula is C41H53N5O17+2. The Bertz CT molecular complexity index is 2070. The molecular weight excluding hydrogens is 834 g/mol. The van der Waals surface area contributed by atoms with E-state index in [2.05, 4.69) is 11.9 Å². The van der Waals surface area contributed by atoms with Crippen LogP contribution in [0.4, 0.5) is 4.79 Å². The van der Waals surface area contributed by atoms with E-state index in [4.69, 9.17) is 54.1 Å². The van der Waals surface area contributed by atoms with Crippen LogP contribution in [-0.2, 0) is 66.6 Å². The highest BCUT2D eigenvalue weighted by atomic mass is 16.7. The molecule has 0 radical (unpaired) electrons. The van der Waals surface area contributed by atoms with E-state index in [1.54, 1.807) is 33.9 Å². The second-order valence-electron chi connectivity index (χ2n) is 15.5. The third kappa shape index (κ3) is 14.2. The van der Waals surface area contributed by atoms with Crippen LogP contribution in [0.25, 0.3) is 0 Å². The second kappa shape index (κ2) is 21.4. The number of nitrogens with two attached hydrogens (primary N) is 2. The molecule has 22 nitrogen and oxygen atoms in total. The Morgan fingerprint density at radius 1 is 0.714 bits per heavy atom. The van der Waals surface area contributed by atoms with Crippen LogP contribution in [0.2, 0.25) is 0 Å². The zero-order valence-electron chi connectivity index (χ0n) is 35.8. The summed E-state index contributed by atoms with van der Waals surface area (Å²) in [5.41, 5.74) is 10.1. The Balaban J connectivity index is 1.51. The summed E-state index contributed by atoms with van der Waals surface area (Å²) in [4.78, 5) is 100. The molecule has 2 aliphatic rings. The van der Waals surface area contributed by atoms with Crippen LogP contribution in [0.5, 0.6) is 0 Å². The van der Waals surface area contributed by atoms with Gasteiger partial charge >= 0.3 is 48.4 Å². The summed E-state index contributed by atoms with van der Waals surface area (Å²) in [6.07, 6.45) is -5.50. The van der Waals surface area contributed by atoms with Crippen molar-refractivity contribution in [2.24, 2.45) is 11.5 Å². The molecule has 0 saturated carbocycles. The van der Waals surface area contributed by atoms with Gasteiger partial charge in [0, 0.05) is 39.3 Å². The summed E-state index contributed by atoms with van der Waals surface area (Å²) in [5, 5.41) is 2.39. The molecule has 3 amide bonds. The van der Waals surface area contributed by atoms with E-state index >= 15 is 0 Å². The Morgan fingerprint density at radius 3 is 1.59 bits per heavy atom. The first-order chi connectivity index (χ1) is 29.5. The van der Waals surface area contributed by atoms with E-state index in [-0.39, 0.29) is 23.3 Å². The molecule has 4 heterocycles. The molecule has 342 valence electrons. The molecule has 4 rings (SSSR count). The van der Waals surface area contributed by atoms with E-state index in [0.29, 0.717) is 0 Å². The number of aromatic nitrogens is 2. The smallest absolute Gasteiger partial charge is 0.408 e. The van der Waals surface area contributed by atoms with Crippen LogP contribution < -0.4 is 25.9 Å². The van der Waals surface area contributed by atoms with E-state index in [9.17, 15) is 38.4 Å². The lowest BCUT2D eigenvalue weighted by Crippen LogP contribution is -2.49. The molecule has 2 aromatic rings. The van der Waals surface area contributed by atoms with Crippen LogP contribution in [0.15, 0.2) is 61.4 Å². The summed E-state index contributed by atoms with van der Waals surface area (Å²) in [6.45, 7) is 12.4. The molecule has 5 N–H and O–H groups in total. The average Bonchev–Trinajstić information content (AvgIpc) is 3.68. The van der Waals surface area contributed by atoms with Gasteiger partial charge in [0.25, 0.3) is 11.8 Å². The number of hydrogen-bond acceptors (Lipinski definition) is 17. The lowest BCUT2D eigenvalue weighted by Gasteiger charge is -2.24. The van der Waals surface area contributed by atoms with Crippen molar-refractivity contribution in [1.82, 2.24) is 5.32 Å². The quantitative estimate of drug-likeness (QED) is 0.0791. The average molecular weight is 888 g/mol. The standard InChI is InChI=1S/C41H51N5O17/c1-21(2)57-31-28(61-37(33(31)59-23(4)48)45-15-9-11-25(17-45)35(42)51)19-55-30(50)14-13-27(44-40(54)63-41(6,7)8)39(53)56-20-29-32(58-22(3)47)34(60-24(5)49)38(62-29)46-16-10-12-26(18-46)36(43)52/h9-12,15-18,27-29,31-34,37-38H,1,13-14,19-20H2,2-8H3,(H3-2,42,43,44,51,52,54)/p+2/t27?,28-,29-,31-,32-,33-,34-,37-,38-/m1/s1. The molecule has 63 heavy (non-hydrogen) atoms. The normalized spacial score (nSPS) is 23.3. The van der Waals surface area contributed by atoms with Gasteiger partial charge in [-0.2, -0.15) is 9.13 Å². The fraction of sp³-hybridized carbons (Fsp3) is 0.512. The summed E-state index contributed by atoms with van der Waals surface area (Å²) in [5.74, 6) is -5.42. The summed E-state index contributed by atoms with van der Waals surface area (Å²) in [7, 11) is 0. The maximum absolute atomic E-state index is 13.7. The van der Waals surface area contributed by atoms with E-state index in [1.165, 1.54) is 58.9 Å². The van der Waals surface area contributed by atoms with Gasteiger partial charge in [0.1, 0.15) is 48.2 Å². The number of nitrogens with one attached hydrogen (secondary N) is 1. The fourth-order valence-corrected chi connectivity index (χ4v) is 6.57. The van der Waals surface area contributed by atoms with E-state index < -0.39 is 128 Å². The van der Waals surface area contributed by atoms with Crippen molar-refractivity contribution < 1.29 is 90.1 Å². The van der Waals surface area contributed by atoms with Gasteiger partial charge < -0.3 is 59.4 Å². The number of amides is 3. The zero-order valence-corrected chi connectivity index (χ0v) is 35.8. The van der Waals surface area contributed by atoms with Gasteiger partial charge in [-0.25, -0.2) is 9.59 Å². The first kappa shape index (κ1) is 49.0. The number of pyridine rings is 2. The summed E-state index contributed by atoms with van der Waals surface area (Å²) >= 11 is 0. The van der Waals surface area contributed by atoms with Crippen LogP contribution in [0.1, 0.15) is 94.5 Å². The third-order valence-corrected chi connectivity index (χ3v) is 9.03. The third-order valence-electron chi connectivity index (χ3n) is 9.03. The minimum Gasteiger partial charge on any atom is -0.489 e. The predicted octanol–water partition coefficient (Wildman–Crippen LogP) is 0.428. The highest BCUT2D eigenvalue weighted by Crippen LogP contribution is 2.33. The maximum Gasteiger partial charge on any atom is 0.408 e. The Kier molecular flexibility index (Phi) is 16.6. The van der Waals surface area contributed by atoms with Gasteiger partial charge in [-0.1, -0.05) is 6.58 Å². The zero-order chi connectivity index (χ0) is 46.8. The van der Waals surface area contributed by atoms with Crippen molar-refractivity contribution in [3.63, 3.8) is 0 Å². The number of rotatable bonds is 18. The van der Waals surface area contributed by atoms with Crippen molar-refractivity contribution in [3.05, 3.63) is 72.5 Å². The fourth-order valence-electron chi connectivity index (χ4n) is 6.57. The second-order valence-corrected chi connectivity index (χ2v) is 15.5. The largest absolute Gasteiger partial charge is 0.489 e. The number of primary amides is 2. The molecule has 2 saturated heterocycles. The van der Waals surface area contributed by atoms with Crippen LogP contribution in [0, 0.1) is 0 Å². The molecule has 0 spiro atoms. The van der Waals surface area contributed by atoms with Gasteiger partial charge in [-0.05, 0) is 46.2 Å². The number of carbonyl (C=O) groups is 8. The van der Waals surface area contributed by atoms with Gasteiger partial charge in [0.15, 0.2) is 37.0 Å². The minimum absolute atomic E-state index is 0.0775. The molecule has 0 bridgehead atoms. The van der Waals surface area contributed by atoms with E-state index in [0.717, 1.165) is 13.8 Å². The molecule has 2 fully saturated rings. The van der Waals surface area contributed by atoms with Crippen LogP contribution in [0.3, 0.4) is 0 Å². The Morgan fingerprint density at radius 2 is 1.16 bits per heavy atom. The molecule has 0 aromatic carbocycles. The van der Waals surface area contributed by atoms with Gasteiger partial charge in [-0.15, -0.1) is 0 Å². The molecule has 22 heteroatoms. The molecule has 1 unspecified atom stereocenters. The van der Waals surface area contributed by atoms with Gasteiger partial charge in [0.2, 0.25) is 12.2 Å². The summed E-state index contributed by atoms with van der Waals surface area (Å²) < 4.78 is 53.9. The van der Waals surface area contributed by atoms with Gasteiger partial charge in [0.05, 0.1) is 5.76 Å². The number of hydrogen-bond donors (Lipinski definition) is 3. The highest BCUT2D eigenvalue weighted by molar-refractivity contribution is 5.92. The van der Waals surface area contributed by atoms with Crippen molar-refractivity contribution in [2.75, 3.05) is 13.2 Å². The van der Waals surface area contributed by atoms with Crippen molar-refractivity contribution >= 4 is 47.8 Å². The lowest BCUT2D eigenvalue weighted by atomic mass is 10.1. The monoisotopic (exact) mass is 887 g/mol. The molecule has 9 atom stereocenters. The first-order valence-corrected chi connectivity index (χ1v) is 19.6. The predicted molar refractivity (Wildman–Crippen MR) is 209 cm³/mol. The maximum atomic E-state index is 13.7. The van der Waals surface area contributed by atoms with Gasteiger partial charge in [-0.3, -0.25) is 28.8 Å². The minimum atomic E-state index is -1.52. The van der Waals surface area contributed by atoms with Crippen LogP contribution in [-0.4, -0.2) is 109 Å².